The van der Waals surface area contributed by atoms with Crippen LogP contribution in [0.25, 0.3) is 0 Å². The molecule has 1 aliphatic rings. The molecule has 0 aliphatic heterocycles. The highest BCUT2D eigenvalue weighted by Crippen LogP contribution is 2.40. The average Bonchev–Trinajstić information content (AvgIpc) is 2.47. The van der Waals surface area contributed by atoms with Crippen LogP contribution in [0.2, 0.25) is 0 Å². The molecule has 1 atom stereocenters. The molecule has 0 heterocycles. The van der Waals surface area contributed by atoms with Gasteiger partial charge in [0.25, 0.3) is 0 Å². The molecule has 0 unspecified atom stereocenters. The number of hydrogen-bond acceptors (Lipinski definition) is 2. The van der Waals surface area contributed by atoms with Gasteiger partial charge in [-0.15, -0.1) is 0 Å². The first-order valence-electron chi connectivity index (χ1n) is 7.57. The van der Waals surface area contributed by atoms with Gasteiger partial charge in [0.05, 0.1) is 5.41 Å². The van der Waals surface area contributed by atoms with Crippen LogP contribution in [0.3, 0.4) is 0 Å². The van der Waals surface area contributed by atoms with Crippen molar-refractivity contribution in [2.75, 3.05) is 0 Å². The summed E-state index contributed by atoms with van der Waals surface area (Å²) in [6.45, 7) is 3.52. The van der Waals surface area contributed by atoms with Crippen molar-refractivity contribution in [1.29, 1.82) is 0 Å². The van der Waals surface area contributed by atoms with E-state index in [0.717, 1.165) is 43.2 Å². The molecule has 4 nitrogen and oxygen atoms in total. The predicted octanol–water partition coefficient (Wildman–Crippen LogP) is 2.79. The van der Waals surface area contributed by atoms with Gasteiger partial charge >= 0.3 is 5.97 Å². The van der Waals surface area contributed by atoms with Crippen molar-refractivity contribution >= 4 is 11.9 Å². The van der Waals surface area contributed by atoms with Crippen LogP contribution in [-0.4, -0.2) is 23.0 Å². The maximum absolute atomic E-state index is 12.8. The molecule has 2 N–H and O–H groups in total. The van der Waals surface area contributed by atoms with Gasteiger partial charge in [-0.3, -0.25) is 9.59 Å². The molecule has 0 spiro atoms. The number of aliphatic carboxylic acids is 1. The number of carboxylic acids is 1. The number of hydrogen-bond donors (Lipinski definition) is 2. The summed E-state index contributed by atoms with van der Waals surface area (Å²) in [4.78, 5) is 23.8. The first-order chi connectivity index (χ1) is 9.95. The Balaban J connectivity index is 2.33. The second-order valence-electron chi connectivity index (χ2n) is 6.05. The van der Waals surface area contributed by atoms with Crippen LogP contribution in [0.1, 0.15) is 50.2 Å². The Hall–Kier alpha value is -1.84. The summed E-state index contributed by atoms with van der Waals surface area (Å²) >= 11 is 0. The summed E-state index contributed by atoms with van der Waals surface area (Å²) in [5.74, 6) is -1.15. The molecule has 0 saturated heterocycles. The van der Waals surface area contributed by atoms with Crippen LogP contribution < -0.4 is 5.32 Å². The highest BCUT2D eigenvalue weighted by atomic mass is 16.4. The molecule has 0 radical (unpaired) electrons. The van der Waals surface area contributed by atoms with E-state index in [1.807, 2.05) is 25.1 Å². The minimum absolute atomic E-state index is 0.150. The van der Waals surface area contributed by atoms with Gasteiger partial charge in [0, 0.05) is 0 Å². The lowest BCUT2D eigenvalue weighted by Crippen LogP contribution is -2.50. The third kappa shape index (κ3) is 3.26. The summed E-state index contributed by atoms with van der Waals surface area (Å²) in [6, 6.07) is 7.16. The predicted molar refractivity (Wildman–Crippen MR) is 81.2 cm³/mol. The Morgan fingerprint density at radius 1 is 1.24 bits per heavy atom. The van der Waals surface area contributed by atoms with Crippen molar-refractivity contribution in [2.45, 2.75) is 57.4 Å². The fourth-order valence-corrected chi connectivity index (χ4v) is 3.14. The third-order valence-corrected chi connectivity index (χ3v) is 4.43. The largest absolute Gasteiger partial charge is 0.480 e. The lowest BCUT2D eigenvalue weighted by atomic mass is 9.68. The zero-order valence-corrected chi connectivity index (χ0v) is 12.7. The van der Waals surface area contributed by atoms with Crippen molar-refractivity contribution in [3.8, 4) is 0 Å². The highest BCUT2D eigenvalue weighted by Gasteiger charge is 2.41. The lowest BCUT2D eigenvalue weighted by molar-refractivity contribution is -0.142. The van der Waals surface area contributed by atoms with Crippen LogP contribution in [0.15, 0.2) is 24.3 Å². The molecule has 1 aromatic carbocycles. The van der Waals surface area contributed by atoms with Gasteiger partial charge < -0.3 is 10.4 Å². The molecule has 1 aromatic rings. The van der Waals surface area contributed by atoms with E-state index in [1.54, 1.807) is 0 Å². The molecule has 1 fully saturated rings. The second kappa shape index (κ2) is 6.29. The number of benzene rings is 1. The lowest BCUT2D eigenvalue weighted by Gasteiger charge is -2.37. The zero-order chi connectivity index (χ0) is 15.5. The summed E-state index contributed by atoms with van der Waals surface area (Å²) in [5.41, 5.74) is 1.56. The average molecular weight is 289 g/mol. The SMILES string of the molecule is Cc1cccc(C2(C(=O)N[C@H](C)C(=O)O)CCCCC2)c1. The molecular formula is C17H23NO3. The first kappa shape index (κ1) is 15.5. The number of nitrogens with one attached hydrogen (secondary N) is 1. The van der Waals surface area contributed by atoms with E-state index >= 15 is 0 Å². The Labute approximate surface area is 125 Å². The van der Waals surface area contributed by atoms with Crippen molar-refractivity contribution in [2.24, 2.45) is 0 Å². The van der Waals surface area contributed by atoms with E-state index < -0.39 is 17.4 Å². The van der Waals surface area contributed by atoms with Crippen molar-refractivity contribution in [1.82, 2.24) is 5.32 Å². The van der Waals surface area contributed by atoms with E-state index in [1.165, 1.54) is 6.92 Å². The number of amides is 1. The van der Waals surface area contributed by atoms with Crippen LogP contribution in [0.5, 0.6) is 0 Å². The molecule has 114 valence electrons. The smallest absolute Gasteiger partial charge is 0.325 e. The van der Waals surface area contributed by atoms with Gasteiger partial charge in [-0.25, -0.2) is 0 Å². The Morgan fingerprint density at radius 2 is 1.90 bits per heavy atom. The van der Waals surface area contributed by atoms with Crippen molar-refractivity contribution < 1.29 is 14.7 Å². The molecule has 21 heavy (non-hydrogen) atoms. The standard InChI is InChI=1S/C17H23NO3/c1-12-7-6-8-14(11-12)17(9-4-3-5-10-17)16(21)18-13(2)15(19)20/h6-8,11,13H,3-5,9-10H2,1-2H3,(H,18,21)(H,19,20)/t13-/m1/s1. The quantitative estimate of drug-likeness (QED) is 0.895. The summed E-state index contributed by atoms with van der Waals surface area (Å²) in [6.07, 6.45) is 4.71. The normalized spacial score (nSPS) is 18.8. The van der Waals surface area contributed by atoms with Crippen LogP contribution in [0, 0.1) is 6.92 Å². The molecule has 2 rings (SSSR count). The fraction of sp³-hybridized carbons (Fsp3) is 0.529. The van der Waals surface area contributed by atoms with E-state index in [2.05, 4.69) is 11.4 Å². The van der Waals surface area contributed by atoms with Gasteiger partial charge in [0.1, 0.15) is 6.04 Å². The Bertz CT molecular complexity index is 533. The van der Waals surface area contributed by atoms with Crippen LogP contribution >= 0.6 is 0 Å². The van der Waals surface area contributed by atoms with E-state index in [-0.39, 0.29) is 5.91 Å². The number of rotatable bonds is 4. The molecule has 1 saturated carbocycles. The molecule has 4 heteroatoms. The van der Waals surface area contributed by atoms with Gasteiger partial charge in [-0.2, -0.15) is 0 Å². The van der Waals surface area contributed by atoms with Gasteiger partial charge in [-0.1, -0.05) is 49.1 Å². The zero-order valence-electron chi connectivity index (χ0n) is 12.7. The fourth-order valence-electron chi connectivity index (χ4n) is 3.14. The number of aryl methyl sites for hydroxylation is 1. The molecular weight excluding hydrogens is 266 g/mol. The molecule has 1 aliphatic carbocycles. The Kier molecular flexibility index (Phi) is 4.66. The molecule has 1 amide bonds. The Morgan fingerprint density at radius 3 is 2.48 bits per heavy atom. The van der Waals surface area contributed by atoms with Crippen LogP contribution in [-0.2, 0) is 15.0 Å². The molecule has 0 aromatic heterocycles. The van der Waals surface area contributed by atoms with Crippen LogP contribution in [0.4, 0.5) is 0 Å². The minimum Gasteiger partial charge on any atom is -0.480 e. The monoisotopic (exact) mass is 289 g/mol. The topological polar surface area (TPSA) is 66.4 Å². The van der Waals surface area contributed by atoms with Gasteiger partial charge in [0.15, 0.2) is 0 Å². The number of carboxylic acid groups (broad SMARTS) is 1. The summed E-state index contributed by atoms with van der Waals surface area (Å²) < 4.78 is 0. The molecule has 0 bridgehead atoms. The summed E-state index contributed by atoms with van der Waals surface area (Å²) in [7, 11) is 0. The van der Waals surface area contributed by atoms with Crippen molar-refractivity contribution in [3.63, 3.8) is 0 Å². The third-order valence-electron chi connectivity index (χ3n) is 4.43. The maximum Gasteiger partial charge on any atom is 0.325 e. The number of carbonyl (C=O) groups excluding carboxylic acids is 1. The van der Waals surface area contributed by atoms with Gasteiger partial charge in [0.2, 0.25) is 5.91 Å². The van der Waals surface area contributed by atoms with E-state index in [4.69, 9.17) is 5.11 Å². The van der Waals surface area contributed by atoms with E-state index in [0.29, 0.717) is 0 Å². The highest BCUT2D eigenvalue weighted by molar-refractivity contribution is 5.91. The minimum atomic E-state index is -1.00. The van der Waals surface area contributed by atoms with Crippen molar-refractivity contribution in [3.05, 3.63) is 35.4 Å². The van der Waals surface area contributed by atoms with Gasteiger partial charge in [-0.05, 0) is 32.3 Å². The number of carbonyl (C=O) groups is 2. The summed E-state index contributed by atoms with van der Waals surface area (Å²) in [5, 5.41) is 11.7. The first-order valence-corrected chi connectivity index (χ1v) is 7.57. The van der Waals surface area contributed by atoms with E-state index in [9.17, 15) is 9.59 Å². The second-order valence-corrected chi connectivity index (χ2v) is 6.05. The maximum atomic E-state index is 12.8.